The van der Waals surface area contributed by atoms with Crippen LogP contribution in [-0.2, 0) is 33.3 Å². The summed E-state index contributed by atoms with van der Waals surface area (Å²) in [6.07, 6.45) is 6.46. The van der Waals surface area contributed by atoms with E-state index in [1.807, 2.05) is 13.8 Å². The molecule has 3 spiro atoms. The van der Waals surface area contributed by atoms with Crippen molar-refractivity contribution in [3.63, 3.8) is 0 Å². The van der Waals surface area contributed by atoms with Crippen LogP contribution in [0.15, 0.2) is 12.2 Å². The number of ether oxygens (including phenoxy) is 5. The van der Waals surface area contributed by atoms with E-state index in [1.165, 1.54) is 25.8 Å². The minimum absolute atomic E-state index is 0.0331. The number of hydrogen-bond donors (Lipinski definition) is 3. The Morgan fingerprint density at radius 2 is 1.63 bits per heavy atom. The number of carbonyl (C=O) groups excluding carboxylic acids is 2. The first-order valence-electron chi connectivity index (χ1n) is 20.3. The van der Waals surface area contributed by atoms with Crippen LogP contribution in [0.5, 0.6) is 0 Å². The molecule has 17 atom stereocenters. The lowest BCUT2D eigenvalue weighted by Gasteiger charge is -2.64. The van der Waals surface area contributed by atoms with Crippen molar-refractivity contribution in [3.8, 4) is 0 Å². The fourth-order valence-corrected chi connectivity index (χ4v) is 15.6. The third kappa shape index (κ3) is 4.63. The summed E-state index contributed by atoms with van der Waals surface area (Å²) < 4.78 is 30.9. The summed E-state index contributed by atoms with van der Waals surface area (Å²) in [5.41, 5.74) is -1.56. The molecule has 8 fully saturated rings. The van der Waals surface area contributed by atoms with E-state index >= 15 is 0 Å². The van der Waals surface area contributed by atoms with E-state index in [-0.39, 0.29) is 63.7 Å². The maximum absolute atomic E-state index is 13.0. The summed E-state index contributed by atoms with van der Waals surface area (Å²) in [5.74, 6) is 0.613. The molecule has 5 aliphatic carbocycles. The second-order valence-corrected chi connectivity index (χ2v) is 20.2. The van der Waals surface area contributed by atoms with Crippen LogP contribution in [0.25, 0.3) is 0 Å². The molecule has 0 amide bonds. The Morgan fingerprint density at radius 1 is 0.942 bits per heavy atom. The molecule has 8 rings (SSSR count). The molecule has 10 heteroatoms. The van der Waals surface area contributed by atoms with E-state index in [0.717, 1.165) is 44.9 Å². The number of hydrogen-bond acceptors (Lipinski definition) is 10. The van der Waals surface area contributed by atoms with E-state index in [1.54, 1.807) is 13.0 Å². The van der Waals surface area contributed by atoms with Crippen LogP contribution >= 0.6 is 0 Å². The third-order valence-corrected chi connectivity index (χ3v) is 17.6. The molecule has 52 heavy (non-hydrogen) atoms. The van der Waals surface area contributed by atoms with Crippen LogP contribution in [0.1, 0.15) is 120 Å². The van der Waals surface area contributed by atoms with Gasteiger partial charge >= 0.3 is 11.9 Å². The Morgan fingerprint density at radius 3 is 2.33 bits per heavy atom. The van der Waals surface area contributed by atoms with Gasteiger partial charge in [-0.1, -0.05) is 40.7 Å². The van der Waals surface area contributed by atoms with Crippen molar-refractivity contribution in [2.24, 2.45) is 56.7 Å². The molecule has 5 saturated carbocycles. The van der Waals surface area contributed by atoms with Gasteiger partial charge in [0.2, 0.25) is 0 Å². The average Bonchev–Trinajstić information content (AvgIpc) is 3.57. The van der Waals surface area contributed by atoms with Gasteiger partial charge in [0.05, 0.1) is 30.5 Å². The van der Waals surface area contributed by atoms with Crippen LogP contribution in [0, 0.1) is 56.7 Å². The van der Waals surface area contributed by atoms with E-state index < -0.39 is 47.9 Å². The molecule has 0 radical (unpaired) electrons. The SMILES string of the molecule is C/C=C/C(=O)O[C@@H]1CO[C@@H](O[C@H]2CC[C@]34C[C@]35CC[C@]3(C)[C@H]6[C@H](C)C[C@H]7O[C@@]6(C[C@@H]7C(C)(C)OC(C)=O)[C@H](O)[C@@]3(C)[C@@H]5CC[C@H]4C2(C)C)[C@H](O)[C@H]1O. The van der Waals surface area contributed by atoms with E-state index in [9.17, 15) is 24.9 Å². The Hall–Kier alpha value is -1.56. The minimum atomic E-state index is -1.34. The number of fused-ring (bicyclic) bond motifs is 4. The van der Waals surface area contributed by atoms with Crippen molar-refractivity contribution >= 4 is 11.9 Å². The van der Waals surface area contributed by atoms with Crippen LogP contribution < -0.4 is 0 Å². The maximum Gasteiger partial charge on any atom is 0.330 e. The molecule has 0 unspecified atom stereocenters. The van der Waals surface area contributed by atoms with Gasteiger partial charge in [0.15, 0.2) is 12.4 Å². The molecule has 3 N–H and O–H groups in total. The van der Waals surface area contributed by atoms with Crippen molar-refractivity contribution in [2.45, 2.75) is 174 Å². The standard InChI is InChI=1S/C42H64O10/c1-10-11-30(44)49-26-20-48-34(32(46)31(26)45)50-29-14-15-40-21-41(40)17-16-38(8)33-22(2)18-25-24(37(6,7)51-23(3)43)19-42(33,52-25)35(47)39(38,9)28(41)13-12-27(40)36(29,4)5/h10-11,22,24-29,31-35,45-47H,12-21H2,1-9H3/b11-10+/t22-,24+,25-,26-,27+,28+,29+,31+,32-,33-,34+,35-,38-,39-,40-,41+,42-/m1/s1. The molecular weight excluding hydrogens is 664 g/mol. The second-order valence-electron chi connectivity index (χ2n) is 20.2. The molecule has 10 nitrogen and oxygen atoms in total. The summed E-state index contributed by atoms with van der Waals surface area (Å²) in [4.78, 5) is 24.2. The lowest BCUT2D eigenvalue weighted by atomic mass is 9.41. The van der Waals surface area contributed by atoms with Crippen LogP contribution in [0.3, 0.4) is 0 Å². The zero-order chi connectivity index (χ0) is 37.6. The van der Waals surface area contributed by atoms with Crippen molar-refractivity contribution in [1.82, 2.24) is 0 Å². The number of carbonyl (C=O) groups is 2. The van der Waals surface area contributed by atoms with E-state index in [2.05, 4.69) is 34.6 Å². The van der Waals surface area contributed by atoms with Crippen molar-refractivity contribution in [3.05, 3.63) is 12.2 Å². The summed E-state index contributed by atoms with van der Waals surface area (Å²) in [6, 6.07) is 0. The molecule has 292 valence electrons. The smallest absolute Gasteiger partial charge is 0.330 e. The van der Waals surface area contributed by atoms with Gasteiger partial charge in [-0.15, -0.1) is 0 Å². The molecule has 3 saturated heterocycles. The second kappa shape index (κ2) is 11.7. The van der Waals surface area contributed by atoms with E-state index in [4.69, 9.17) is 23.7 Å². The number of aliphatic hydroxyl groups excluding tert-OH is 3. The number of rotatable bonds is 6. The van der Waals surface area contributed by atoms with Crippen molar-refractivity contribution < 1.29 is 48.6 Å². The highest BCUT2D eigenvalue weighted by molar-refractivity contribution is 5.82. The van der Waals surface area contributed by atoms with E-state index in [0.29, 0.717) is 17.8 Å². The molecule has 0 aromatic rings. The third-order valence-electron chi connectivity index (χ3n) is 17.6. The van der Waals surface area contributed by atoms with Crippen LogP contribution in [-0.4, -0.2) is 88.0 Å². The van der Waals surface area contributed by atoms with Gasteiger partial charge in [-0.25, -0.2) is 4.79 Å². The molecule has 0 aromatic carbocycles. The van der Waals surface area contributed by atoms with Gasteiger partial charge in [-0.2, -0.15) is 0 Å². The summed E-state index contributed by atoms with van der Waals surface area (Å²) in [5, 5.41) is 34.9. The van der Waals surface area contributed by atoms with Gasteiger partial charge in [-0.3, -0.25) is 4.79 Å². The van der Waals surface area contributed by atoms with Gasteiger partial charge < -0.3 is 39.0 Å². The summed E-state index contributed by atoms with van der Waals surface area (Å²) in [6.45, 7) is 19.1. The highest BCUT2D eigenvalue weighted by Gasteiger charge is 2.87. The van der Waals surface area contributed by atoms with Gasteiger partial charge in [0, 0.05) is 24.3 Å². The van der Waals surface area contributed by atoms with Gasteiger partial charge in [0.1, 0.15) is 17.8 Å². The van der Waals surface area contributed by atoms with Crippen LogP contribution in [0.4, 0.5) is 0 Å². The number of allylic oxidation sites excluding steroid dienone is 1. The Labute approximate surface area is 309 Å². The molecule has 8 aliphatic rings. The first kappa shape index (κ1) is 37.4. The Balaban J connectivity index is 1.03. The maximum atomic E-state index is 13.0. The fourth-order valence-electron chi connectivity index (χ4n) is 15.6. The normalized spacial score (nSPS) is 54.3. The molecular formula is C42H64O10. The monoisotopic (exact) mass is 728 g/mol. The van der Waals surface area contributed by atoms with Crippen molar-refractivity contribution in [1.29, 1.82) is 0 Å². The number of aliphatic hydroxyl groups is 3. The Kier molecular flexibility index (Phi) is 8.43. The highest BCUT2D eigenvalue weighted by Crippen LogP contribution is 2.90. The highest BCUT2D eigenvalue weighted by atomic mass is 16.7. The zero-order valence-corrected chi connectivity index (χ0v) is 32.9. The van der Waals surface area contributed by atoms with Gasteiger partial charge in [-0.05, 0) is 124 Å². The largest absolute Gasteiger partial charge is 0.459 e. The predicted molar refractivity (Wildman–Crippen MR) is 190 cm³/mol. The van der Waals surface area contributed by atoms with Gasteiger partial charge in [0.25, 0.3) is 0 Å². The predicted octanol–water partition coefficient (Wildman–Crippen LogP) is 5.48. The first-order chi connectivity index (χ1) is 24.3. The summed E-state index contributed by atoms with van der Waals surface area (Å²) >= 11 is 0. The summed E-state index contributed by atoms with van der Waals surface area (Å²) in [7, 11) is 0. The average molecular weight is 729 g/mol. The molecule has 3 aliphatic heterocycles. The zero-order valence-electron chi connectivity index (χ0n) is 32.9. The fraction of sp³-hybridized carbons (Fsp3) is 0.905. The Bertz CT molecular complexity index is 1510. The topological polar surface area (TPSA) is 141 Å². The molecule has 3 heterocycles. The number of esters is 2. The minimum Gasteiger partial charge on any atom is -0.459 e. The lowest BCUT2D eigenvalue weighted by Crippen LogP contribution is -2.61. The first-order valence-corrected chi connectivity index (χ1v) is 20.3. The molecule has 0 aromatic heterocycles. The lowest BCUT2D eigenvalue weighted by molar-refractivity contribution is -0.304. The molecule has 2 bridgehead atoms. The van der Waals surface area contributed by atoms with Crippen molar-refractivity contribution in [2.75, 3.05) is 6.61 Å². The van der Waals surface area contributed by atoms with Crippen LogP contribution in [0.2, 0.25) is 0 Å². The quantitative estimate of drug-likeness (QED) is 0.183.